The maximum absolute atomic E-state index is 13.5. The Morgan fingerprint density at radius 1 is 1.18 bits per heavy atom. The number of aliphatic hydroxyl groups is 1. The fourth-order valence-corrected chi connectivity index (χ4v) is 3.54. The van der Waals surface area contributed by atoms with E-state index in [1.165, 1.54) is 41.0 Å². The van der Waals surface area contributed by atoms with E-state index in [-0.39, 0.29) is 41.7 Å². The van der Waals surface area contributed by atoms with E-state index in [2.05, 4.69) is 15.5 Å². The molecule has 3 aromatic rings. The molecule has 0 saturated carbocycles. The standard InChI is InChI=1S/C22H22ClF3N4O3/c1-21(2,33-17-9-8-13(23)12-15(17)19(32)27-10-11-31)20-29-28-18(30(20)3)14-6-4-5-7-16(14)22(24,25)26/h4-9,12,31H,10-11H2,1-3H3,(H,27,32). The lowest BCUT2D eigenvalue weighted by molar-refractivity contribution is -0.137. The van der Waals surface area contributed by atoms with E-state index in [4.69, 9.17) is 21.4 Å². The summed E-state index contributed by atoms with van der Waals surface area (Å²) in [5.74, 6) is -0.0621. The van der Waals surface area contributed by atoms with Crippen LogP contribution in [0.15, 0.2) is 42.5 Å². The van der Waals surface area contributed by atoms with Crippen molar-refractivity contribution in [3.63, 3.8) is 0 Å². The van der Waals surface area contributed by atoms with Crippen LogP contribution in [0.2, 0.25) is 5.02 Å². The first-order valence-electron chi connectivity index (χ1n) is 9.90. The van der Waals surface area contributed by atoms with Crippen LogP contribution in [0, 0.1) is 0 Å². The maximum atomic E-state index is 13.5. The lowest BCUT2D eigenvalue weighted by atomic mass is 10.1. The number of nitrogens with zero attached hydrogens (tertiary/aromatic N) is 3. The van der Waals surface area contributed by atoms with Crippen LogP contribution in [-0.2, 0) is 18.8 Å². The molecule has 0 atom stereocenters. The summed E-state index contributed by atoms with van der Waals surface area (Å²) in [7, 11) is 1.54. The number of nitrogens with one attached hydrogen (secondary N) is 1. The molecule has 0 aliphatic heterocycles. The van der Waals surface area contributed by atoms with Gasteiger partial charge in [0, 0.05) is 24.2 Å². The number of hydrogen-bond acceptors (Lipinski definition) is 5. The average Bonchev–Trinajstić information content (AvgIpc) is 3.14. The molecule has 0 fully saturated rings. The van der Waals surface area contributed by atoms with Crippen LogP contribution in [-0.4, -0.2) is 38.9 Å². The van der Waals surface area contributed by atoms with Gasteiger partial charge in [-0.2, -0.15) is 13.2 Å². The largest absolute Gasteiger partial charge is 0.479 e. The second-order valence-corrected chi connectivity index (χ2v) is 8.12. The summed E-state index contributed by atoms with van der Waals surface area (Å²) in [4.78, 5) is 12.5. The number of ether oxygens (including phenoxy) is 1. The zero-order valence-corrected chi connectivity index (χ0v) is 18.8. The SMILES string of the molecule is Cn1c(-c2ccccc2C(F)(F)F)nnc1C(C)(C)Oc1ccc(Cl)cc1C(=O)NCCO. The van der Waals surface area contributed by atoms with Gasteiger partial charge in [-0.1, -0.05) is 29.8 Å². The molecule has 0 saturated heterocycles. The van der Waals surface area contributed by atoms with Gasteiger partial charge in [0.15, 0.2) is 17.2 Å². The van der Waals surface area contributed by atoms with E-state index in [9.17, 15) is 18.0 Å². The zero-order chi connectivity index (χ0) is 24.4. The number of carbonyl (C=O) groups is 1. The van der Waals surface area contributed by atoms with Gasteiger partial charge in [-0.25, -0.2) is 0 Å². The van der Waals surface area contributed by atoms with Gasteiger partial charge in [-0.15, -0.1) is 10.2 Å². The van der Waals surface area contributed by atoms with Crippen molar-refractivity contribution in [2.75, 3.05) is 13.2 Å². The highest BCUT2D eigenvalue weighted by Gasteiger charge is 2.36. The third kappa shape index (κ3) is 5.28. The molecule has 0 aliphatic carbocycles. The van der Waals surface area contributed by atoms with E-state index in [0.29, 0.717) is 5.02 Å². The summed E-state index contributed by atoms with van der Waals surface area (Å²) in [6, 6.07) is 9.57. The number of aromatic nitrogens is 3. The predicted molar refractivity (Wildman–Crippen MR) is 116 cm³/mol. The molecule has 1 aromatic heterocycles. The molecular weight excluding hydrogens is 461 g/mol. The Hall–Kier alpha value is -3.11. The Bertz CT molecular complexity index is 1160. The molecule has 176 valence electrons. The van der Waals surface area contributed by atoms with Crippen LogP contribution in [0.4, 0.5) is 13.2 Å². The number of rotatable bonds is 7. The van der Waals surface area contributed by atoms with Gasteiger partial charge in [0.2, 0.25) is 0 Å². The minimum Gasteiger partial charge on any atom is -0.479 e. The quantitative estimate of drug-likeness (QED) is 0.527. The molecule has 0 spiro atoms. The monoisotopic (exact) mass is 482 g/mol. The fraction of sp³-hybridized carbons (Fsp3) is 0.318. The molecule has 11 heteroatoms. The van der Waals surface area contributed by atoms with E-state index >= 15 is 0 Å². The predicted octanol–water partition coefficient (Wildman–Crippen LogP) is 4.19. The third-order valence-corrected chi connectivity index (χ3v) is 5.07. The number of aliphatic hydroxyl groups excluding tert-OH is 1. The molecule has 3 rings (SSSR count). The minimum atomic E-state index is -4.56. The normalized spacial score (nSPS) is 12.0. The summed E-state index contributed by atoms with van der Waals surface area (Å²) in [5, 5.41) is 19.9. The van der Waals surface area contributed by atoms with Gasteiger partial charge in [-0.3, -0.25) is 4.79 Å². The molecule has 0 bridgehead atoms. The average molecular weight is 483 g/mol. The molecule has 0 aliphatic rings. The van der Waals surface area contributed by atoms with Gasteiger partial charge in [-0.05, 0) is 38.1 Å². The smallest absolute Gasteiger partial charge is 0.417 e. The number of amides is 1. The van der Waals surface area contributed by atoms with Crippen LogP contribution in [0.3, 0.4) is 0 Å². The van der Waals surface area contributed by atoms with Crippen LogP contribution < -0.4 is 10.1 Å². The molecule has 2 aromatic carbocycles. The number of benzene rings is 2. The Morgan fingerprint density at radius 3 is 2.55 bits per heavy atom. The molecule has 33 heavy (non-hydrogen) atoms. The minimum absolute atomic E-state index is 0.0200. The summed E-state index contributed by atoms with van der Waals surface area (Å²) in [5.41, 5.74) is -2.00. The van der Waals surface area contributed by atoms with Crippen molar-refractivity contribution in [2.45, 2.75) is 25.6 Å². The van der Waals surface area contributed by atoms with Gasteiger partial charge in [0.1, 0.15) is 5.75 Å². The molecule has 7 nitrogen and oxygen atoms in total. The van der Waals surface area contributed by atoms with Crippen molar-refractivity contribution >= 4 is 17.5 Å². The Balaban J connectivity index is 1.99. The second kappa shape index (κ2) is 9.40. The first-order valence-corrected chi connectivity index (χ1v) is 10.3. The maximum Gasteiger partial charge on any atom is 0.417 e. The summed E-state index contributed by atoms with van der Waals surface area (Å²) in [6.45, 7) is 3.11. The molecular formula is C22H22ClF3N4O3. The molecule has 2 N–H and O–H groups in total. The molecule has 0 radical (unpaired) electrons. The van der Waals surface area contributed by atoms with Crippen LogP contribution in [0.5, 0.6) is 5.75 Å². The van der Waals surface area contributed by atoms with Gasteiger partial charge < -0.3 is 19.7 Å². The van der Waals surface area contributed by atoms with Crippen LogP contribution in [0.25, 0.3) is 11.4 Å². The van der Waals surface area contributed by atoms with E-state index in [0.717, 1.165) is 6.07 Å². The number of alkyl halides is 3. The van der Waals surface area contributed by atoms with Crippen molar-refractivity contribution in [3.8, 4) is 17.1 Å². The highest BCUT2D eigenvalue weighted by Crippen LogP contribution is 2.37. The van der Waals surface area contributed by atoms with Crippen molar-refractivity contribution in [3.05, 3.63) is 64.4 Å². The molecule has 1 amide bonds. The Morgan fingerprint density at radius 2 is 1.88 bits per heavy atom. The number of carbonyl (C=O) groups excluding carboxylic acids is 1. The Labute approximate surface area is 193 Å². The lowest BCUT2D eigenvalue weighted by Crippen LogP contribution is -2.31. The van der Waals surface area contributed by atoms with Gasteiger partial charge in [0.25, 0.3) is 5.91 Å². The second-order valence-electron chi connectivity index (χ2n) is 7.68. The third-order valence-electron chi connectivity index (χ3n) is 4.84. The van der Waals surface area contributed by atoms with E-state index in [1.807, 2.05) is 0 Å². The highest BCUT2D eigenvalue weighted by atomic mass is 35.5. The van der Waals surface area contributed by atoms with Gasteiger partial charge >= 0.3 is 6.18 Å². The summed E-state index contributed by atoms with van der Waals surface area (Å²) >= 11 is 6.03. The van der Waals surface area contributed by atoms with Crippen molar-refractivity contribution in [1.82, 2.24) is 20.1 Å². The Kier molecular flexibility index (Phi) is 6.99. The van der Waals surface area contributed by atoms with E-state index in [1.54, 1.807) is 20.9 Å². The van der Waals surface area contributed by atoms with Crippen LogP contribution >= 0.6 is 11.6 Å². The molecule has 0 unspecified atom stereocenters. The first-order chi connectivity index (χ1) is 15.5. The number of halogens is 4. The van der Waals surface area contributed by atoms with Crippen molar-refractivity contribution in [2.24, 2.45) is 7.05 Å². The summed E-state index contributed by atoms with van der Waals surface area (Å²) < 4.78 is 48.0. The van der Waals surface area contributed by atoms with Crippen LogP contribution in [0.1, 0.15) is 35.6 Å². The summed E-state index contributed by atoms with van der Waals surface area (Å²) in [6.07, 6.45) is -4.56. The fourth-order valence-electron chi connectivity index (χ4n) is 3.37. The van der Waals surface area contributed by atoms with E-state index < -0.39 is 23.2 Å². The first kappa shape index (κ1) is 24.5. The zero-order valence-electron chi connectivity index (χ0n) is 18.1. The number of hydrogen-bond donors (Lipinski definition) is 2. The van der Waals surface area contributed by atoms with Gasteiger partial charge in [0.05, 0.1) is 17.7 Å². The lowest BCUT2D eigenvalue weighted by Gasteiger charge is -2.27. The van der Waals surface area contributed by atoms with Crippen molar-refractivity contribution in [1.29, 1.82) is 0 Å². The van der Waals surface area contributed by atoms with Crippen molar-refractivity contribution < 1.29 is 27.8 Å². The topological polar surface area (TPSA) is 89.3 Å². The molecule has 1 heterocycles. The highest BCUT2D eigenvalue weighted by molar-refractivity contribution is 6.31.